The second-order valence-corrected chi connectivity index (χ2v) is 3.35. The van der Waals surface area contributed by atoms with Crippen molar-refractivity contribution in [3.05, 3.63) is 23.8 Å². The molecule has 0 spiro atoms. The molecule has 0 aliphatic rings. The Bertz CT molecular complexity index is 284. The standard InChI is InChI=1S/C10H15NO2/c1-11(2)7-8-5-4-6-9(13-3)10(8)12/h4-6,12H,7H2,1-3H3/p+1. The van der Waals surface area contributed by atoms with Crippen LogP contribution in [-0.4, -0.2) is 26.3 Å². The number of phenolic OH excluding ortho intramolecular Hbond substituents is 1. The second kappa shape index (κ2) is 4.14. The first-order valence-corrected chi connectivity index (χ1v) is 4.29. The highest BCUT2D eigenvalue weighted by molar-refractivity contribution is 5.44. The van der Waals surface area contributed by atoms with E-state index in [0.29, 0.717) is 5.75 Å². The van der Waals surface area contributed by atoms with E-state index in [9.17, 15) is 5.11 Å². The van der Waals surface area contributed by atoms with Gasteiger partial charge in [0.05, 0.1) is 26.8 Å². The smallest absolute Gasteiger partial charge is 0.166 e. The van der Waals surface area contributed by atoms with E-state index in [4.69, 9.17) is 4.74 Å². The largest absolute Gasteiger partial charge is 0.504 e. The van der Waals surface area contributed by atoms with Crippen LogP contribution in [-0.2, 0) is 6.54 Å². The Morgan fingerprint density at radius 3 is 2.62 bits per heavy atom. The van der Waals surface area contributed by atoms with Gasteiger partial charge in [0.15, 0.2) is 11.5 Å². The number of para-hydroxylation sites is 1. The number of ether oxygens (including phenoxy) is 1. The molecule has 0 heterocycles. The summed E-state index contributed by atoms with van der Waals surface area (Å²) in [5, 5.41) is 9.70. The number of hydrogen-bond donors (Lipinski definition) is 2. The minimum absolute atomic E-state index is 0.256. The third kappa shape index (κ3) is 2.36. The fourth-order valence-electron chi connectivity index (χ4n) is 1.26. The van der Waals surface area contributed by atoms with Crippen LogP contribution in [0.4, 0.5) is 0 Å². The summed E-state index contributed by atoms with van der Waals surface area (Å²) < 4.78 is 5.01. The van der Waals surface area contributed by atoms with Crippen molar-refractivity contribution in [2.24, 2.45) is 0 Å². The average Bonchev–Trinajstić information content (AvgIpc) is 2.08. The van der Waals surface area contributed by atoms with Gasteiger partial charge in [-0.2, -0.15) is 0 Å². The number of aromatic hydroxyl groups is 1. The van der Waals surface area contributed by atoms with Crippen molar-refractivity contribution >= 4 is 0 Å². The molecule has 0 unspecified atom stereocenters. The molecule has 1 rings (SSSR count). The van der Waals surface area contributed by atoms with Crippen LogP contribution >= 0.6 is 0 Å². The van der Waals surface area contributed by atoms with E-state index in [2.05, 4.69) is 0 Å². The summed E-state index contributed by atoms with van der Waals surface area (Å²) >= 11 is 0. The lowest BCUT2D eigenvalue weighted by Crippen LogP contribution is -3.04. The Kier molecular flexibility index (Phi) is 3.14. The highest BCUT2D eigenvalue weighted by Crippen LogP contribution is 2.28. The fraction of sp³-hybridized carbons (Fsp3) is 0.400. The van der Waals surface area contributed by atoms with Crippen molar-refractivity contribution in [3.63, 3.8) is 0 Å². The first-order valence-electron chi connectivity index (χ1n) is 4.29. The van der Waals surface area contributed by atoms with E-state index in [0.717, 1.165) is 12.1 Å². The third-order valence-corrected chi connectivity index (χ3v) is 1.85. The summed E-state index contributed by atoms with van der Waals surface area (Å²) in [4.78, 5) is 1.27. The first-order chi connectivity index (χ1) is 6.15. The summed E-state index contributed by atoms with van der Waals surface area (Å²) in [7, 11) is 5.64. The molecular weight excluding hydrogens is 166 g/mol. The maximum Gasteiger partial charge on any atom is 0.166 e. The van der Waals surface area contributed by atoms with Crippen molar-refractivity contribution in [2.45, 2.75) is 6.54 Å². The summed E-state index contributed by atoms with van der Waals surface area (Å²) in [5.41, 5.74) is 0.916. The van der Waals surface area contributed by atoms with E-state index in [1.165, 1.54) is 4.90 Å². The zero-order valence-corrected chi connectivity index (χ0v) is 8.29. The molecule has 3 heteroatoms. The predicted octanol–water partition coefficient (Wildman–Crippen LogP) is 0.0453. The van der Waals surface area contributed by atoms with Gasteiger partial charge in [0.25, 0.3) is 0 Å². The molecule has 0 atom stereocenters. The van der Waals surface area contributed by atoms with E-state index < -0.39 is 0 Å². The Hall–Kier alpha value is -1.22. The molecule has 0 bridgehead atoms. The van der Waals surface area contributed by atoms with E-state index in [1.807, 2.05) is 26.2 Å². The lowest BCUT2D eigenvalue weighted by Gasteiger charge is -2.10. The molecule has 3 nitrogen and oxygen atoms in total. The quantitative estimate of drug-likeness (QED) is 0.692. The van der Waals surface area contributed by atoms with Crippen molar-refractivity contribution in [1.82, 2.24) is 0 Å². The van der Waals surface area contributed by atoms with Crippen LogP contribution in [0.5, 0.6) is 11.5 Å². The van der Waals surface area contributed by atoms with Gasteiger partial charge in [0, 0.05) is 0 Å². The van der Waals surface area contributed by atoms with Gasteiger partial charge < -0.3 is 14.7 Å². The van der Waals surface area contributed by atoms with Crippen LogP contribution in [0.3, 0.4) is 0 Å². The van der Waals surface area contributed by atoms with Crippen molar-refractivity contribution in [2.75, 3.05) is 21.2 Å². The van der Waals surface area contributed by atoms with Gasteiger partial charge >= 0.3 is 0 Å². The maximum atomic E-state index is 9.70. The lowest BCUT2D eigenvalue weighted by atomic mass is 10.2. The molecule has 13 heavy (non-hydrogen) atoms. The Morgan fingerprint density at radius 1 is 1.38 bits per heavy atom. The van der Waals surface area contributed by atoms with Gasteiger partial charge in [0.2, 0.25) is 0 Å². The Labute approximate surface area is 78.6 Å². The second-order valence-electron chi connectivity index (χ2n) is 3.35. The van der Waals surface area contributed by atoms with Gasteiger partial charge in [0.1, 0.15) is 6.54 Å². The SMILES string of the molecule is COc1cccc(C[NH+](C)C)c1O. The number of methoxy groups -OCH3 is 1. The van der Waals surface area contributed by atoms with Crippen LogP contribution in [0.2, 0.25) is 0 Å². The van der Waals surface area contributed by atoms with Gasteiger partial charge in [-0.25, -0.2) is 0 Å². The van der Waals surface area contributed by atoms with Crippen LogP contribution in [0.15, 0.2) is 18.2 Å². The molecule has 1 aromatic carbocycles. The number of benzene rings is 1. The van der Waals surface area contributed by atoms with Gasteiger partial charge in [-0.05, 0) is 12.1 Å². The molecule has 1 aromatic rings. The summed E-state index contributed by atoms with van der Waals surface area (Å²) in [6.45, 7) is 0.795. The van der Waals surface area contributed by atoms with Gasteiger partial charge in [-0.15, -0.1) is 0 Å². The highest BCUT2D eigenvalue weighted by Gasteiger charge is 2.08. The zero-order valence-electron chi connectivity index (χ0n) is 8.29. The van der Waals surface area contributed by atoms with Crippen molar-refractivity contribution in [1.29, 1.82) is 0 Å². The molecule has 0 radical (unpaired) electrons. The Balaban J connectivity index is 2.94. The number of phenols is 1. The van der Waals surface area contributed by atoms with E-state index in [1.54, 1.807) is 13.2 Å². The molecule has 0 saturated heterocycles. The summed E-state index contributed by atoms with van der Waals surface area (Å²) in [6.07, 6.45) is 0. The highest BCUT2D eigenvalue weighted by atomic mass is 16.5. The number of nitrogens with one attached hydrogen (secondary N) is 1. The van der Waals surface area contributed by atoms with Gasteiger partial charge in [-0.3, -0.25) is 0 Å². The van der Waals surface area contributed by atoms with Crippen LogP contribution in [0.25, 0.3) is 0 Å². The predicted molar refractivity (Wildman–Crippen MR) is 51.2 cm³/mol. The average molecular weight is 182 g/mol. The monoisotopic (exact) mass is 182 g/mol. The molecule has 0 aliphatic heterocycles. The molecule has 72 valence electrons. The van der Waals surface area contributed by atoms with Gasteiger partial charge in [-0.1, -0.05) is 6.07 Å². The number of rotatable bonds is 3. The fourth-order valence-corrected chi connectivity index (χ4v) is 1.26. The molecule has 0 aliphatic carbocycles. The minimum atomic E-state index is 0.256. The molecule has 2 N–H and O–H groups in total. The number of hydrogen-bond acceptors (Lipinski definition) is 2. The van der Waals surface area contributed by atoms with Crippen molar-refractivity contribution < 1.29 is 14.7 Å². The van der Waals surface area contributed by atoms with Crippen LogP contribution in [0.1, 0.15) is 5.56 Å². The van der Waals surface area contributed by atoms with E-state index >= 15 is 0 Å². The molecule has 0 saturated carbocycles. The summed E-state index contributed by atoms with van der Waals surface area (Å²) in [6, 6.07) is 5.55. The maximum absolute atomic E-state index is 9.70. The molecule has 0 fully saturated rings. The minimum Gasteiger partial charge on any atom is -0.504 e. The topological polar surface area (TPSA) is 33.9 Å². The number of quaternary nitrogens is 1. The molecular formula is C10H16NO2+. The van der Waals surface area contributed by atoms with Crippen LogP contribution in [0, 0.1) is 0 Å². The normalized spacial score (nSPS) is 10.5. The third-order valence-electron chi connectivity index (χ3n) is 1.85. The zero-order chi connectivity index (χ0) is 9.84. The molecule has 0 amide bonds. The van der Waals surface area contributed by atoms with Crippen LogP contribution < -0.4 is 9.64 Å². The van der Waals surface area contributed by atoms with Crippen molar-refractivity contribution in [3.8, 4) is 11.5 Å². The molecule has 0 aromatic heterocycles. The summed E-state index contributed by atoms with van der Waals surface area (Å²) in [5.74, 6) is 0.796. The first kappa shape index (κ1) is 9.86. The Morgan fingerprint density at radius 2 is 2.08 bits per heavy atom. The lowest BCUT2D eigenvalue weighted by molar-refractivity contribution is -0.872. The van der Waals surface area contributed by atoms with E-state index in [-0.39, 0.29) is 5.75 Å².